The van der Waals surface area contributed by atoms with Crippen molar-refractivity contribution in [1.29, 1.82) is 0 Å². The number of amides is 1. The van der Waals surface area contributed by atoms with Gasteiger partial charge in [0, 0.05) is 0 Å². The van der Waals surface area contributed by atoms with Crippen molar-refractivity contribution in [1.82, 2.24) is 5.32 Å². The quantitative estimate of drug-likeness (QED) is 0.794. The normalized spacial score (nSPS) is 13.7. The SMILES string of the molecule is CCCC[C@H](N)C(=O)NC(C)c1cccc(OC)c1. The van der Waals surface area contributed by atoms with Crippen molar-refractivity contribution in [3.05, 3.63) is 29.8 Å². The second-order valence-electron chi connectivity index (χ2n) is 4.76. The van der Waals surface area contributed by atoms with Crippen molar-refractivity contribution in [3.8, 4) is 5.75 Å². The van der Waals surface area contributed by atoms with Gasteiger partial charge >= 0.3 is 0 Å². The number of nitrogens with two attached hydrogens (primary N) is 1. The Morgan fingerprint density at radius 3 is 2.84 bits per heavy atom. The summed E-state index contributed by atoms with van der Waals surface area (Å²) < 4.78 is 5.17. The summed E-state index contributed by atoms with van der Waals surface area (Å²) in [4.78, 5) is 11.9. The van der Waals surface area contributed by atoms with Gasteiger partial charge in [0.05, 0.1) is 19.2 Å². The van der Waals surface area contributed by atoms with Gasteiger partial charge in [-0.3, -0.25) is 4.79 Å². The molecule has 4 nitrogen and oxygen atoms in total. The smallest absolute Gasteiger partial charge is 0.237 e. The van der Waals surface area contributed by atoms with E-state index in [4.69, 9.17) is 10.5 Å². The molecule has 0 fully saturated rings. The lowest BCUT2D eigenvalue weighted by Gasteiger charge is -2.18. The highest BCUT2D eigenvalue weighted by atomic mass is 16.5. The second-order valence-corrected chi connectivity index (χ2v) is 4.76. The molecule has 0 aliphatic rings. The van der Waals surface area contributed by atoms with E-state index in [1.54, 1.807) is 7.11 Å². The maximum atomic E-state index is 11.9. The van der Waals surface area contributed by atoms with Gasteiger partial charge in [0.25, 0.3) is 0 Å². The van der Waals surface area contributed by atoms with E-state index >= 15 is 0 Å². The fourth-order valence-electron chi connectivity index (χ4n) is 1.87. The molecule has 2 atom stereocenters. The minimum absolute atomic E-state index is 0.0738. The molecule has 1 unspecified atom stereocenters. The zero-order valence-corrected chi connectivity index (χ0v) is 12.0. The van der Waals surface area contributed by atoms with Crippen LogP contribution in [-0.2, 0) is 4.79 Å². The van der Waals surface area contributed by atoms with Crippen LogP contribution in [0.15, 0.2) is 24.3 Å². The summed E-state index contributed by atoms with van der Waals surface area (Å²) in [5.74, 6) is 0.692. The zero-order valence-electron chi connectivity index (χ0n) is 12.0. The van der Waals surface area contributed by atoms with Crippen LogP contribution in [0.5, 0.6) is 5.75 Å². The Hall–Kier alpha value is -1.55. The Balaban J connectivity index is 2.58. The van der Waals surface area contributed by atoms with Crippen molar-refractivity contribution >= 4 is 5.91 Å². The molecular weight excluding hydrogens is 240 g/mol. The van der Waals surface area contributed by atoms with Crippen molar-refractivity contribution in [3.63, 3.8) is 0 Å². The van der Waals surface area contributed by atoms with Crippen LogP contribution in [-0.4, -0.2) is 19.1 Å². The first-order valence-electron chi connectivity index (χ1n) is 6.78. The Morgan fingerprint density at radius 1 is 1.47 bits per heavy atom. The van der Waals surface area contributed by atoms with Gasteiger partial charge in [-0.2, -0.15) is 0 Å². The van der Waals surface area contributed by atoms with Gasteiger partial charge in [0.15, 0.2) is 0 Å². The van der Waals surface area contributed by atoms with Gasteiger partial charge in [-0.05, 0) is 31.0 Å². The number of carbonyl (C=O) groups is 1. The predicted octanol–water partition coefficient (Wildman–Crippen LogP) is 2.39. The molecule has 1 amide bonds. The van der Waals surface area contributed by atoms with E-state index in [1.165, 1.54) is 0 Å². The van der Waals surface area contributed by atoms with Gasteiger partial charge < -0.3 is 15.8 Å². The first-order valence-corrected chi connectivity index (χ1v) is 6.78. The zero-order chi connectivity index (χ0) is 14.3. The van der Waals surface area contributed by atoms with E-state index in [0.29, 0.717) is 0 Å². The number of carbonyl (C=O) groups excluding carboxylic acids is 1. The van der Waals surface area contributed by atoms with Gasteiger partial charge in [-0.15, -0.1) is 0 Å². The molecule has 3 N–H and O–H groups in total. The van der Waals surface area contributed by atoms with E-state index in [-0.39, 0.29) is 11.9 Å². The number of unbranched alkanes of at least 4 members (excludes halogenated alkanes) is 1. The molecule has 0 radical (unpaired) electrons. The Bertz CT molecular complexity index is 407. The van der Waals surface area contributed by atoms with Crippen LogP contribution in [0.1, 0.15) is 44.7 Å². The standard InChI is InChI=1S/C15H24N2O2/c1-4-5-9-14(16)15(18)17-11(2)12-7-6-8-13(10-12)19-3/h6-8,10-11,14H,4-5,9,16H2,1-3H3,(H,17,18)/t11?,14-/m0/s1. The van der Waals surface area contributed by atoms with E-state index in [2.05, 4.69) is 12.2 Å². The molecule has 0 saturated heterocycles. The van der Waals surface area contributed by atoms with Crippen LogP contribution in [0.25, 0.3) is 0 Å². The lowest BCUT2D eigenvalue weighted by molar-refractivity contribution is -0.123. The number of methoxy groups -OCH3 is 1. The molecule has 0 aliphatic heterocycles. The van der Waals surface area contributed by atoms with Crippen LogP contribution in [0.3, 0.4) is 0 Å². The number of benzene rings is 1. The van der Waals surface area contributed by atoms with E-state index < -0.39 is 6.04 Å². The number of rotatable bonds is 7. The third-order valence-electron chi connectivity index (χ3n) is 3.16. The molecule has 1 aromatic rings. The molecular formula is C15H24N2O2. The van der Waals surface area contributed by atoms with Crippen LogP contribution < -0.4 is 15.8 Å². The molecule has 1 rings (SSSR count). The molecule has 0 aliphatic carbocycles. The summed E-state index contributed by atoms with van der Waals surface area (Å²) in [6, 6.07) is 7.18. The van der Waals surface area contributed by atoms with Crippen LogP contribution in [0.2, 0.25) is 0 Å². The maximum Gasteiger partial charge on any atom is 0.237 e. The molecule has 0 aromatic heterocycles. The number of nitrogens with one attached hydrogen (secondary N) is 1. The summed E-state index contributed by atoms with van der Waals surface area (Å²) in [5, 5.41) is 2.94. The molecule has 106 valence electrons. The van der Waals surface area contributed by atoms with Crippen LogP contribution in [0.4, 0.5) is 0 Å². The Morgan fingerprint density at radius 2 is 2.21 bits per heavy atom. The minimum atomic E-state index is -0.423. The lowest BCUT2D eigenvalue weighted by atomic mass is 10.1. The number of hydrogen-bond acceptors (Lipinski definition) is 3. The fraction of sp³-hybridized carbons (Fsp3) is 0.533. The summed E-state index contributed by atoms with van der Waals surface area (Å²) >= 11 is 0. The molecule has 19 heavy (non-hydrogen) atoms. The highest BCUT2D eigenvalue weighted by Gasteiger charge is 2.16. The maximum absolute atomic E-state index is 11.9. The monoisotopic (exact) mass is 264 g/mol. The highest BCUT2D eigenvalue weighted by Crippen LogP contribution is 2.18. The largest absolute Gasteiger partial charge is 0.497 e. The van der Waals surface area contributed by atoms with E-state index in [0.717, 1.165) is 30.6 Å². The Labute approximate surface area is 115 Å². The van der Waals surface area contributed by atoms with Crippen molar-refractivity contribution < 1.29 is 9.53 Å². The summed E-state index contributed by atoms with van der Waals surface area (Å²) in [6.07, 6.45) is 2.75. The first-order chi connectivity index (χ1) is 9.08. The predicted molar refractivity (Wildman–Crippen MR) is 77.1 cm³/mol. The van der Waals surface area contributed by atoms with Crippen LogP contribution in [0, 0.1) is 0 Å². The van der Waals surface area contributed by atoms with Crippen molar-refractivity contribution in [2.24, 2.45) is 5.73 Å². The van der Waals surface area contributed by atoms with Gasteiger partial charge in [-0.1, -0.05) is 31.9 Å². The molecule has 0 heterocycles. The third kappa shape index (κ3) is 4.91. The van der Waals surface area contributed by atoms with Gasteiger partial charge in [-0.25, -0.2) is 0 Å². The number of hydrogen-bond donors (Lipinski definition) is 2. The van der Waals surface area contributed by atoms with E-state index in [9.17, 15) is 4.79 Å². The molecule has 0 spiro atoms. The van der Waals surface area contributed by atoms with Crippen molar-refractivity contribution in [2.45, 2.75) is 45.2 Å². The molecule has 4 heteroatoms. The third-order valence-corrected chi connectivity index (χ3v) is 3.16. The number of ether oxygens (including phenoxy) is 1. The molecule has 1 aromatic carbocycles. The molecule has 0 bridgehead atoms. The van der Waals surface area contributed by atoms with Crippen LogP contribution >= 0.6 is 0 Å². The van der Waals surface area contributed by atoms with Gasteiger partial charge in [0.2, 0.25) is 5.91 Å². The average Bonchev–Trinajstić information content (AvgIpc) is 2.44. The second kappa shape index (κ2) is 7.79. The van der Waals surface area contributed by atoms with Crippen molar-refractivity contribution in [2.75, 3.05) is 7.11 Å². The minimum Gasteiger partial charge on any atom is -0.497 e. The van der Waals surface area contributed by atoms with E-state index in [1.807, 2.05) is 31.2 Å². The summed E-state index contributed by atoms with van der Waals surface area (Å²) in [7, 11) is 1.63. The average molecular weight is 264 g/mol. The first kappa shape index (κ1) is 15.5. The molecule has 0 saturated carbocycles. The summed E-state index contributed by atoms with van der Waals surface area (Å²) in [5.41, 5.74) is 6.86. The fourth-order valence-corrected chi connectivity index (χ4v) is 1.87. The topological polar surface area (TPSA) is 64.4 Å². The summed E-state index contributed by atoms with van der Waals surface area (Å²) in [6.45, 7) is 4.03. The lowest BCUT2D eigenvalue weighted by Crippen LogP contribution is -2.41. The highest BCUT2D eigenvalue weighted by molar-refractivity contribution is 5.81. The Kier molecular flexibility index (Phi) is 6.36. The van der Waals surface area contributed by atoms with Gasteiger partial charge in [0.1, 0.15) is 5.75 Å².